The number of likely N-dealkylation sites (N-methyl/N-ethyl adjacent to an activating group) is 1. The molecule has 0 heterocycles. The number of primary amides is 1. The smallest absolute Gasteiger partial charge is 0.235 e. The fourth-order valence-corrected chi connectivity index (χ4v) is 7.29. The highest BCUT2D eigenvalue weighted by Crippen LogP contribution is 2.52. The van der Waals surface area contributed by atoms with Crippen molar-refractivity contribution in [1.82, 2.24) is 10.2 Å². The molecule has 1 amide bonds. The first kappa shape index (κ1) is 32.3. The number of nitrogens with zero attached hydrogens (tertiary/aromatic N) is 2. The fourth-order valence-electron chi connectivity index (χ4n) is 7.29. The molecule has 0 radical (unpaired) electrons. The molecule has 0 aliphatic heterocycles. The summed E-state index contributed by atoms with van der Waals surface area (Å²) in [7, 11) is 6.44. The van der Waals surface area contributed by atoms with Gasteiger partial charge < -0.3 is 26.2 Å². The number of ketones is 4. The lowest BCUT2D eigenvalue weighted by atomic mass is 9.52. The first-order valence-electron chi connectivity index (χ1n) is 14.3. The summed E-state index contributed by atoms with van der Waals surface area (Å²) in [6.07, 6.45) is 0.0143. The molecule has 5 rings (SSSR count). The Morgan fingerprint density at radius 2 is 1.64 bits per heavy atom. The molecule has 14 heteroatoms. The Morgan fingerprint density at radius 3 is 2.20 bits per heavy atom. The van der Waals surface area contributed by atoms with E-state index in [1.807, 2.05) is 0 Å². The van der Waals surface area contributed by atoms with Gasteiger partial charge in [-0.15, -0.1) is 0 Å². The van der Waals surface area contributed by atoms with Crippen molar-refractivity contribution in [3.05, 3.63) is 57.9 Å². The number of hydrogen-bond donors (Lipinski definition) is 4. The van der Waals surface area contributed by atoms with E-state index in [0.29, 0.717) is 11.3 Å². The zero-order valence-electron chi connectivity index (χ0n) is 25.0. The average molecular weight is 631 g/mol. The quantitative estimate of drug-likeness (QED) is 0.252. The Hall–Kier alpha value is -4.14. The summed E-state index contributed by atoms with van der Waals surface area (Å²) in [6, 6.07) is 2.06. The molecule has 3 aliphatic carbocycles. The molecule has 0 spiro atoms. The van der Waals surface area contributed by atoms with Crippen molar-refractivity contribution in [2.24, 2.45) is 29.4 Å². The molecule has 2 fully saturated rings. The molecular weight excluding hydrogens is 597 g/mol. The van der Waals surface area contributed by atoms with Crippen LogP contribution in [0, 0.1) is 41.1 Å². The normalized spacial score (nSPS) is 27.7. The van der Waals surface area contributed by atoms with E-state index in [-0.39, 0.29) is 42.6 Å². The van der Waals surface area contributed by atoms with Gasteiger partial charge in [0.2, 0.25) is 5.91 Å². The van der Waals surface area contributed by atoms with Crippen LogP contribution in [0.25, 0.3) is 0 Å². The van der Waals surface area contributed by atoms with Gasteiger partial charge >= 0.3 is 0 Å². The van der Waals surface area contributed by atoms with Gasteiger partial charge in [-0.2, -0.15) is 0 Å². The van der Waals surface area contributed by atoms with Crippen molar-refractivity contribution in [1.29, 1.82) is 0 Å². The van der Waals surface area contributed by atoms with Crippen LogP contribution in [0.4, 0.5) is 18.9 Å². The number of Topliss-reactive ketones (excluding diaryl/α,β-unsaturated/α-hetero) is 4. The first-order valence-corrected chi connectivity index (χ1v) is 14.3. The van der Waals surface area contributed by atoms with Crippen LogP contribution in [-0.4, -0.2) is 84.0 Å². The number of phenols is 1. The van der Waals surface area contributed by atoms with Crippen LogP contribution >= 0.6 is 0 Å². The Labute approximate surface area is 256 Å². The number of aliphatic hydroxyl groups is 1. The van der Waals surface area contributed by atoms with Crippen LogP contribution < -0.4 is 16.0 Å². The number of phenolic OH excluding ortho intramolecular Hbond substituents is 1. The van der Waals surface area contributed by atoms with Crippen LogP contribution in [0.1, 0.15) is 33.5 Å². The molecule has 0 aromatic heterocycles. The van der Waals surface area contributed by atoms with Crippen molar-refractivity contribution < 1.29 is 47.4 Å². The molecule has 5 N–H and O–H groups in total. The summed E-state index contributed by atoms with van der Waals surface area (Å²) in [5, 5.41) is 26.0. The second-order valence-electron chi connectivity index (χ2n) is 12.4. The number of anilines is 1. The molecule has 240 valence electrons. The van der Waals surface area contributed by atoms with E-state index in [1.54, 1.807) is 25.1 Å². The van der Waals surface area contributed by atoms with Crippen molar-refractivity contribution in [2.45, 2.75) is 37.6 Å². The maximum atomic E-state index is 14.1. The number of halogens is 3. The first-order chi connectivity index (χ1) is 21.0. The minimum atomic E-state index is -2.84. The van der Waals surface area contributed by atoms with E-state index in [9.17, 15) is 47.4 Å². The number of hydrogen-bond acceptors (Lipinski definition) is 10. The van der Waals surface area contributed by atoms with E-state index >= 15 is 0 Å². The fraction of sp³-hybridized carbons (Fsp3) is 0.452. The van der Waals surface area contributed by atoms with Gasteiger partial charge in [0.1, 0.15) is 5.75 Å². The lowest BCUT2D eigenvalue weighted by molar-refractivity contribution is -0.181. The number of benzene rings is 2. The van der Waals surface area contributed by atoms with Gasteiger partial charge in [0.15, 0.2) is 52.1 Å². The summed E-state index contributed by atoms with van der Waals surface area (Å²) >= 11 is 0. The summed E-state index contributed by atoms with van der Waals surface area (Å²) in [6.45, 7) is -0.226. The van der Waals surface area contributed by atoms with E-state index in [4.69, 9.17) is 5.73 Å². The lowest BCUT2D eigenvalue weighted by Crippen LogP contribution is -2.74. The summed E-state index contributed by atoms with van der Waals surface area (Å²) in [4.78, 5) is 70.1. The van der Waals surface area contributed by atoms with E-state index in [2.05, 4.69) is 5.32 Å². The number of nitrogens with one attached hydrogen (secondary N) is 1. The molecule has 11 nitrogen and oxygen atoms in total. The highest BCUT2D eigenvalue weighted by Gasteiger charge is 2.69. The lowest BCUT2D eigenvalue weighted by Gasteiger charge is -2.52. The van der Waals surface area contributed by atoms with Gasteiger partial charge in [0.05, 0.1) is 17.5 Å². The second-order valence-corrected chi connectivity index (χ2v) is 12.4. The van der Waals surface area contributed by atoms with Crippen molar-refractivity contribution in [3.63, 3.8) is 0 Å². The minimum Gasteiger partial charge on any atom is -0.507 e. The van der Waals surface area contributed by atoms with E-state index in [0.717, 1.165) is 12.1 Å². The van der Waals surface area contributed by atoms with Crippen LogP contribution in [0.5, 0.6) is 5.75 Å². The molecule has 0 saturated heterocycles. The topological polar surface area (TPSA) is 170 Å². The summed E-state index contributed by atoms with van der Waals surface area (Å²) in [5.41, 5.74) is 3.59. The Morgan fingerprint density at radius 1 is 1.02 bits per heavy atom. The van der Waals surface area contributed by atoms with Gasteiger partial charge in [-0.3, -0.25) is 28.9 Å². The molecule has 6 atom stereocenters. The molecule has 0 bridgehead atoms. The van der Waals surface area contributed by atoms with Gasteiger partial charge in [-0.05, 0) is 62.2 Å². The molecule has 2 aromatic rings. The Balaban J connectivity index is 1.53. The highest BCUT2D eigenvalue weighted by molar-refractivity contribution is 6.32. The molecular formula is C31H33F3N4O7. The minimum absolute atomic E-state index is 0.0778. The van der Waals surface area contributed by atoms with Crippen molar-refractivity contribution in [2.75, 3.05) is 33.1 Å². The summed E-state index contributed by atoms with van der Waals surface area (Å²) in [5.74, 6) is -15.9. The number of nitrogens with two attached hydrogens (primary N) is 1. The number of fused-ring (bicyclic) bond motifs is 3. The third-order valence-corrected chi connectivity index (χ3v) is 9.29. The number of amides is 1. The van der Waals surface area contributed by atoms with Gasteiger partial charge in [0.25, 0.3) is 0 Å². The molecule has 3 unspecified atom stereocenters. The van der Waals surface area contributed by atoms with Crippen LogP contribution in [-0.2, 0) is 38.7 Å². The van der Waals surface area contributed by atoms with Crippen molar-refractivity contribution >= 4 is 34.7 Å². The SMILES string of the molecule is CN(C)c1cc(CNCc2cc(F)c(F)c(F)c2)c(O)c2c1C[C@H]1C[C@H]3C(N(C)C)C(=O)C(C(N)=O)C(=O)[C@@]3(O)C(=O)C1C2=O. The average Bonchev–Trinajstić information content (AvgIpc) is 2.94. The molecule has 2 aromatic carbocycles. The monoisotopic (exact) mass is 630 g/mol. The highest BCUT2D eigenvalue weighted by atomic mass is 19.2. The van der Waals surface area contributed by atoms with E-state index in [1.165, 1.54) is 19.0 Å². The zero-order chi connectivity index (χ0) is 33.3. The van der Waals surface area contributed by atoms with Crippen LogP contribution in [0.3, 0.4) is 0 Å². The maximum Gasteiger partial charge on any atom is 0.235 e. The standard InChI is InChI=1S/C31H33F3N4O7/c1-37(2)19-9-14(11-36-10-12-5-17(32)23(34)18(33)6-12)25(39)21-15(19)7-13-8-16-24(38(3)4)27(41)22(30(35)44)29(43)31(16,45)28(42)20(13)26(21)40/h5-6,9,13,16,20,22,24,36,39,45H,7-8,10-11H2,1-4H3,(H2,35,44)/t13-,16-,20?,22?,24?,31-/m0/s1. The predicted octanol–water partition coefficient (Wildman–Crippen LogP) is 0.640. The third-order valence-electron chi connectivity index (χ3n) is 9.29. The number of rotatable bonds is 7. The Bertz CT molecular complexity index is 1640. The number of carbonyl (C=O) groups is 5. The van der Waals surface area contributed by atoms with Crippen LogP contribution in [0.15, 0.2) is 18.2 Å². The summed E-state index contributed by atoms with van der Waals surface area (Å²) < 4.78 is 40.7. The molecule has 45 heavy (non-hydrogen) atoms. The maximum absolute atomic E-state index is 14.1. The zero-order valence-corrected chi connectivity index (χ0v) is 25.0. The van der Waals surface area contributed by atoms with Gasteiger partial charge in [-0.1, -0.05) is 0 Å². The van der Waals surface area contributed by atoms with Gasteiger partial charge in [-0.25, -0.2) is 13.2 Å². The second kappa shape index (κ2) is 11.3. The van der Waals surface area contributed by atoms with Crippen molar-refractivity contribution in [3.8, 4) is 5.75 Å². The van der Waals surface area contributed by atoms with Gasteiger partial charge in [0, 0.05) is 44.4 Å². The van der Waals surface area contributed by atoms with E-state index < -0.39 is 87.6 Å². The third kappa shape index (κ3) is 4.91. The number of aromatic hydroxyl groups is 1. The largest absolute Gasteiger partial charge is 0.507 e. The predicted molar refractivity (Wildman–Crippen MR) is 153 cm³/mol. The molecule has 2 saturated carbocycles. The Kier molecular flexibility index (Phi) is 8.13. The molecule has 3 aliphatic rings. The van der Waals surface area contributed by atoms with Crippen LogP contribution in [0.2, 0.25) is 0 Å². The number of carbonyl (C=O) groups excluding carboxylic acids is 5.